The van der Waals surface area contributed by atoms with Gasteiger partial charge in [-0.05, 0) is 48.9 Å². The summed E-state index contributed by atoms with van der Waals surface area (Å²) in [5.41, 5.74) is 1.75. The van der Waals surface area contributed by atoms with E-state index in [0.717, 1.165) is 17.7 Å². The Bertz CT molecular complexity index is 825. The number of amides is 1. The van der Waals surface area contributed by atoms with E-state index in [1.165, 1.54) is 22.9 Å². The van der Waals surface area contributed by atoms with Gasteiger partial charge in [0.25, 0.3) is 5.91 Å². The highest BCUT2D eigenvalue weighted by molar-refractivity contribution is 7.14. The second-order valence-corrected chi connectivity index (χ2v) is 7.50. The van der Waals surface area contributed by atoms with Gasteiger partial charge in [0, 0.05) is 18.0 Å². The number of fused-ring (bicyclic) bond motifs is 1. The molecule has 0 saturated heterocycles. The van der Waals surface area contributed by atoms with E-state index < -0.39 is 5.82 Å². The van der Waals surface area contributed by atoms with Gasteiger partial charge in [0.05, 0.1) is 10.6 Å². The Labute approximate surface area is 150 Å². The third kappa shape index (κ3) is 3.99. The van der Waals surface area contributed by atoms with Crippen LogP contribution in [0.4, 0.5) is 10.1 Å². The number of nitrogens with one attached hydrogen (secondary N) is 2. The highest BCUT2D eigenvalue weighted by Gasteiger charge is 2.20. The van der Waals surface area contributed by atoms with E-state index in [9.17, 15) is 9.18 Å². The molecule has 0 aliphatic heterocycles. The summed E-state index contributed by atoms with van der Waals surface area (Å²) in [7, 11) is 0. The van der Waals surface area contributed by atoms with Crippen LogP contribution in [0.5, 0.6) is 0 Å². The molecule has 1 aliphatic rings. The first-order valence-electron chi connectivity index (χ1n) is 8.40. The van der Waals surface area contributed by atoms with Gasteiger partial charge in [0.15, 0.2) is 0 Å². The average Bonchev–Trinajstić information content (AvgIpc) is 3.02. The van der Waals surface area contributed by atoms with E-state index in [1.54, 1.807) is 23.5 Å². The van der Waals surface area contributed by atoms with Crippen molar-refractivity contribution < 1.29 is 9.18 Å². The molecule has 1 aromatic carbocycles. The molecule has 2 aromatic rings. The second-order valence-electron chi connectivity index (χ2n) is 6.36. The van der Waals surface area contributed by atoms with Crippen LogP contribution < -0.4 is 10.6 Å². The van der Waals surface area contributed by atoms with E-state index in [1.807, 2.05) is 12.1 Å². The van der Waals surface area contributed by atoms with Gasteiger partial charge in [-0.15, -0.1) is 11.3 Å². The molecule has 130 valence electrons. The Morgan fingerprint density at radius 1 is 1.44 bits per heavy atom. The number of anilines is 1. The molecular weight excluding hydrogens is 337 g/mol. The minimum absolute atomic E-state index is 0.00567. The molecule has 0 saturated carbocycles. The summed E-state index contributed by atoms with van der Waals surface area (Å²) in [5.74, 6) is 0.0614. The number of halogens is 1. The Balaban J connectivity index is 1.52. The SMILES string of the molecule is CC1CCc2sc(C(=O)NCCNc3cccc(F)c3C#N)cc2C1. The largest absolute Gasteiger partial charge is 0.382 e. The minimum Gasteiger partial charge on any atom is -0.382 e. The maximum Gasteiger partial charge on any atom is 0.261 e. The molecule has 0 radical (unpaired) electrons. The minimum atomic E-state index is -0.546. The molecule has 1 unspecified atom stereocenters. The highest BCUT2D eigenvalue weighted by atomic mass is 32.1. The van der Waals surface area contributed by atoms with Crippen LogP contribution in [0.1, 0.15) is 39.0 Å². The lowest BCUT2D eigenvalue weighted by atomic mass is 9.90. The van der Waals surface area contributed by atoms with Crippen molar-refractivity contribution in [1.82, 2.24) is 5.32 Å². The van der Waals surface area contributed by atoms with Gasteiger partial charge in [0.1, 0.15) is 17.4 Å². The number of hydrogen-bond acceptors (Lipinski definition) is 4. The lowest BCUT2D eigenvalue weighted by Crippen LogP contribution is -2.28. The zero-order chi connectivity index (χ0) is 17.8. The number of nitriles is 1. The highest BCUT2D eigenvalue weighted by Crippen LogP contribution is 2.32. The first-order valence-corrected chi connectivity index (χ1v) is 9.22. The predicted molar refractivity (Wildman–Crippen MR) is 97.4 cm³/mol. The third-order valence-corrected chi connectivity index (χ3v) is 5.64. The maximum absolute atomic E-state index is 13.5. The van der Waals surface area contributed by atoms with Gasteiger partial charge < -0.3 is 10.6 Å². The lowest BCUT2D eigenvalue weighted by molar-refractivity contribution is 0.0959. The van der Waals surface area contributed by atoms with E-state index in [2.05, 4.69) is 17.6 Å². The van der Waals surface area contributed by atoms with Crippen LogP contribution in [0, 0.1) is 23.1 Å². The van der Waals surface area contributed by atoms with Crippen LogP contribution in [0.2, 0.25) is 0 Å². The van der Waals surface area contributed by atoms with Gasteiger partial charge in [-0.2, -0.15) is 5.26 Å². The topological polar surface area (TPSA) is 64.9 Å². The summed E-state index contributed by atoms with van der Waals surface area (Å²) in [6.07, 6.45) is 3.30. The van der Waals surface area contributed by atoms with Gasteiger partial charge in [-0.1, -0.05) is 13.0 Å². The van der Waals surface area contributed by atoms with Crippen LogP contribution in [0.3, 0.4) is 0 Å². The number of carbonyl (C=O) groups excluding carboxylic acids is 1. The van der Waals surface area contributed by atoms with Crippen molar-refractivity contribution in [2.24, 2.45) is 5.92 Å². The van der Waals surface area contributed by atoms with Crippen molar-refractivity contribution in [3.05, 3.63) is 51.0 Å². The van der Waals surface area contributed by atoms with Crippen LogP contribution >= 0.6 is 11.3 Å². The Hall–Kier alpha value is -2.39. The molecular formula is C19H20FN3OS. The molecule has 3 rings (SSSR count). The summed E-state index contributed by atoms with van der Waals surface area (Å²) in [4.78, 5) is 14.4. The number of nitrogens with zero attached hydrogens (tertiary/aromatic N) is 1. The number of hydrogen-bond donors (Lipinski definition) is 2. The molecule has 1 heterocycles. The molecule has 0 fully saturated rings. The van der Waals surface area contributed by atoms with Gasteiger partial charge in [-0.25, -0.2) is 4.39 Å². The zero-order valence-electron chi connectivity index (χ0n) is 14.1. The molecule has 25 heavy (non-hydrogen) atoms. The summed E-state index contributed by atoms with van der Waals surface area (Å²) in [5, 5.41) is 14.9. The standard InChI is InChI=1S/C19H20FN3OS/c1-12-5-6-17-13(9-12)10-18(25-17)19(24)23-8-7-22-16-4-2-3-15(20)14(16)11-21/h2-4,10,12,22H,5-9H2,1H3,(H,23,24). The zero-order valence-corrected chi connectivity index (χ0v) is 14.9. The van der Waals surface area contributed by atoms with Crippen molar-refractivity contribution in [3.63, 3.8) is 0 Å². The first kappa shape index (κ1) is 17.4. The van der Waals surface area contributed by atoms with Gasteiger partial charge >= 0.3 is 0 Å². The maximum atomic E-state index is 13.5. The molecule has 1 aromatic heterocycles. The number of benzene rings is 1. The molecule has 4 nitrogen and oxygen atoms in total. The summed E-state index contributed by atoms with van der Waals surface area (Å²) in [6, 6.07) is 8.32. The number of thiophene rings is 1. The fourth-order valence-corrected chi connectivity index (χ4v) is 4.19. The van der Waals surface area contributed by atoms with Crippen molar-refractivity contribution in [1.29, 1.82) is 5.26 Å². The van der Waals surface area contributed by atoms with Crippen molar-refractivity contribution in [2.75, 3.05) is 18.4 Å². The fraction of sp³-hybridized carbons (Fsp3) is 0.368. The summed E-state index contributed by atoms with van der Waals surface area (Å²) >= 11 is 1.58. The fourth-order valence-electron chi connectivity index (χ4n) is 3.06. The monoisotopic (exact) mass is 357 g/mol. The Morgan fingerprint density at radius 2 is 2.28 bits per heavy atom. The third-order valence-electron chi connectivity index (χ3n) is 4.40. The summed E-state index contributed by atoms with van der Waals surface area (Å²) < 4.78 is 13.5. The quantitative estimate of drug-likeness (QED) is 0.802. The van der Waals surface area contributed by atoms with Crippen molar-refractivity contribution in [2.45, 2.75) is 26.2 Å². The van der Waals surface area contributed by atoms with Gasteiger partial charge in [0.2, 0.25) is 0 Å². The molecule has 1 amide bonds. The van der Waals surface area contributed by atoms with E-state index in [-0.39, 0.29) is 11.5 Å². The predicted octanol–water partition coefficient (Wildman–Crippen LogP) is 3.73. The smallest absolute Gasteiger partial charge is 0.261 e. The molecule has 1 atom stereocenters. The van der Waals surface area contributed by atoms with E-state index >= 15 is 0 Å². The Kier molecular flexibility index (Phi) is 5.34. The van der Waals surface area contributed by atoms with Crippen molar-refractivity contribution in [3.8, 4) is 6.07 Å². The van der Waals surface area contributed by atoms with Gasteiger partial charge in [-0.3, -0.25) is 4.79 Å². The molecule has 1 aliphatic carbocycles. The second kappa shape index (κ2) is 7.66. The first-order chi connectivity index (χ1) is 12.1. The molecule has 0 bridgehead atoms. The van der Waals surface area contributed by atoms with Crippen LogP contribution in [0.15, 0.2) is 24.3 Å². The Morgan fingerprint density at radius 3 is 3.08 bits per heavy atom. The summed E-state index contributed by atoms with van der Waals surface area (Å²) in [6.45, 7) is 3.07. The lowest BCUT2D eigenvalue weighted by Gasteiger charge is -2.16. The van der Waals surface area contributed by atoms with E-state index in [0.29, 0.717) is 24.7 Å². The number of rotatable bonds is 5. The average molecular weight is 357 g/mol. The van der Waals surface area contributed by atoms with Crippen LogP contribution in [-0.4, -0.2) is 19.0 Å². The molecule has 2 N–H and O–H groups in total. The van der Waals surface area contributed by atoms with Crippen molar-refractivity contribution >= 4 is 22.9 Å². The van der Waals surface area contributed by atoms with Crippen LogP contribution in [0.25, 0.3) is 0 Å². The number of carbonyl (C=O) groups is 1. The molecule has 0 spiro atoms. The van der Waals surface area contributed by atoms with E-state index in [4.69, 9.17) is 5.26 Å². The normalized spacial score (nSPS) is 16.0. The van der Waals surface area contributed by atoms with Crippen LogP contribution in [-0.2, 0) is 12.8 Å². The number of aryl methyl sites for hydroxylation is 1. The molecule has 6 heteroatoms.